The Bertz CT molecular complexity index is 563. The van der Waals surface area contributed by atoms with Crippen molar-refractivity contribution in [1.29, 1.82) is 0 Å². The van der Waals surface area contributed by atoms with Gasteiger partial charge in [-0.2, -0.15) is 0 Å². The molecule has 1 aliphatic rings. The van der Waals surface area contributed by atoms with Gasteiger partial charge in [-0.25, -0.2) is 4.39 Å². The Morgan fingerprint density at radius 1 is 1.30 bits per heavy atom. The van der Waals surface area contributed by atoms with Gasteiger partial charge in [-0.05, 0) is 51.3 Å². The van der Waals surface area contributed by atoms with Gasteiger partial charge in [0.05, 0.1) is 5.92 Å². The second kappa shape index (κ2) is 7.11. The Kier molecular flexibility index (Phi) is 5.39. The third kappa shape index (κ3) is 4.78. The van der Waals surface area contributed by atoms with E-state index in [1.165, 1.54) is 12.1 Å². The molecule has 2 rings (SSSR count). The molecule has 2 amide bonds. The van der Waals surface area contributed by atoms with Gasteiger partial charge in [0, 0.05) is 25.0 Å². The molecule has 23 heavy (non-hydrogen) atoms. The zero-order valence-corrected chi connectivity index (χ0v) is 14.1. The van der Waals surface area contributed by atoms with E-state index in [1.54, 1.807) is 17.0 Å². The van der Waals surface area contributed by atoms with Crippen LogP contribution in [0.1, 0.15) is 39.2 Å². The summed E-state index contributed by atoms with van der Waals surface area (Å²) in [4.78, 5) is 25.9. The summed E-state index contributed by atoms with van der Waals surface area (Å²) in [5, 5.41) is 2.91. The molecule has 1 N–H and O–H groups in total. The van der Waals surface area contributed by atoms with E-state index >= 15 is 0 Å². The highest BCUT2D eigenvalue weighted by Gasteiger charge is 2.39. The van der Waals surface area contributed by atoms with Crippen LogP contribution >= 0.6 is 0 Å². The predicted molar refractivity (Wildman–Crippen MR) is 87.3 cm³/mol. The number of hydrogen-bond acceptors (Lipinski definition) is 2. The molecule has 0 radical (unpaired) electrons. The number of hydrogen-bond donors (Lipinski definition) is 1. The van der Waals surface area contributed by atoms with Gasteiger partial charge in [0.1, 0.15) is 5.82 Å². The molecule has 0 aromatic heterocycles. The van der Waals surface area contributed by atoms with Gasteiger partial charge >= 0.3 is 0 Å². The molecule has 5 heteroatoms. The minimum absolute atomic E-state index is 0.0453. The summed E-state index contributed by atoms with van der Waals surface area (Å²) < 4.78 is 12.8. The van der Waals surface area contributed by atoms with Crippen molar-refractivity contribution in [3.05, 3.63) is 35.6 Å². The summed E-state index contributed by atoms with van der Waals surface area (Å²) in [6.45, 7) is 7.00. The second-order valence-corrected chi connectivity index (χ2v) is 7.10. The fourth-order valence-electron chi connectivity index (χ4n) is 2.83. The van der Waals surface area contributed by atoms with Gasteiger partial charge in [0.15, 0.2) is 0 Å². The summed E-state index contributed by atoms with van der Waals surface area (Å²) in [7, 11) is 0. The number of amides is 2. The number of aryl methyl sites for hydroxylation is 1. The normalized spacial score (nSPS) is 18.3. The molecule has 1 fully saturated rings. The molecular weight excluding hydrogens is 295 g/mol. The maximum Gasteiger partial charge on any atom is 0.225 e. The van der Waals surface area contributed by atoms with E-state index in [0.717, 1.165) is 18.4 Å². The van der Waals surface area contributed by atoms with Crippen molar-refractivity contribution in [2.75, 3.05) is 13.1 Å². The van der Waals surface area contributed by atoms with Gasteiger partial charge in [-0.1, -0.05) is 12.1 Å². The monoisotopic (exact) mass is 320 g/mol. The van der Waals surface area contributed by atoms with Crippen LogP contribution in [0.4, 0.5) is 4.39 Å². The molecule has 0 saturated carbocycles. The average Bonchev–Trinajstić information content (AvgIpc) is 2.87. The molecule has 0 spiro atoms. The summed E-state index contributed by atoms with van der Waals surface area (Å²) in [6.07, 6.45) is 1.88. The molecule has 0 bridgehead atoms. The number of benzene rings is 1. The number of nitrogens with zero attached hydrogens (tertiary/aromatic N) is 1. The van der Waals surface area contributed by atoms with Crippen LogP contribution in [-0.2, 0) is 16.0 Å². The van der Waals surface area contributed by atoms with Crippen molar-refractivity contribution in [3.8, 4) is 0 Å². The zero-order chi connectivity index (χ0) is 17.0. The van der Waals surface area contributed by atoms with Crippen LogP contribution < -0.4 is 5.32 Å². The minimum Gasteiger partial charge on any atom is -0.356 e. The van der Waals surface area contributed by atoms with E-state index in [1.807, 2.05) is 20.8 Å². The molecule has 126 valence electrons. The molecular formula is C18H25FN2O2. The van der Waals surface area contributed by atoms with Crippen LogP contribution in [0.15, 0.2) is 24.3 Å². The molecule has 4 nitrogen and oxygen atoms in total. The third-order valence-corrected chi connectivity index (χ3v) is 4.16. The van der Waals surface area contributed by atoms with E-state index < -0.39 is 0 Å². The highest BCUT2D eigenvalue weighted by molar-refractivity contribution is 5.89. The zero-order valence-electron chi connectivity index (χ0n) is 14.1. The Labute approximate surface area is 137 Å². The number of rotatable bonds is 5. The molecule has 1 aliphatic heterocycles. The topological polar surface area (TPSA) is 49.4 Å². The van der Waals surface area contributed by atoms with Gasteiger partial charge in [-0.3, -0.25) is 9.59 Å². The molecule has 1 atom stereocenters. The van der Waals surface area contributed by atoms with Gasteiger partial charge in [0.2, 0.25) is 11.8 Å². The number of likely N-dealkylation sites (tertiary alicyclic amines) is 1. The van der Waals surface area contributed by atoms with Crippen LogP contribution in [-0.4, -0.2) is 35.3 Å². The van der Waals surface area contributed by atoms with Crippen molar-refractivity contribution in [3.63, 3.8) is 0 Å². The Morgan fingerprint density at radius 2 is 1.96 bits per heavy atom. The number of carbonyl (C=O) groups is 2. The molecule has 1 unspecified atom stereocenters. The molecule has 1 aromatic carbocycles. The van der Waals surface area contributed by atoms with E-state index in [4.69, 9.17) is 0 Å². The van der Waals surface area contributed by atoms with Crippen molar-refractivity contribution >= 4 is 11.8 Å². The standard InChI is InChI=1S/C18H25FN2O2/c1-18(2,3)21-12-14(11-16(21)22)17(23)20-10-4-5-13-6-8-15(19)9-7-13/h6-9,14H,4-5,10-12H2,1-3H3,(H,20,23). The summed E-state index contributed by atoms with van der Waals surface area (Å²) >= 11 is 0. The lowest BCUT2D eigenvalue weighted by molar-refractivity contribution is -0.132. The lowest BCUT2D eigenvalue weighted by Crippen LogP contribution is -2.43. The van der Waals surface area contributed by atoms with Crippen molar-refractivity contribution < 1.29 is 14.0 Å². The Hall–Kier alpha value is -1.91. The predicted octanol–water partition coefficient (Wildman–Crippen LogP) is 2.52. The van der Waals surface area contributed by atoms with Crippen LogP contribution in [0.25, 0.3) is 0 Å². The van der Waals surface area contributed by atoms with Crippen molar-refractivity contribution in [2.45, 2.75) is 45.6 Å². The first kappa shape index (κ1) is 17.4. The maximum atomic E-state index is 12.8. The minimum atomic E-state index is -0.257. The summed E-state index contributed by atoms with van der Waals surface area (Å²) in [5.41, 5.74) is 0.810. The highest BCUT2D eigenvalue weighted by atomic mass is 19.1. The van der Waals surface area contributed by atoms with Gasteiger partial charge < -0.3 is 10.2 Å². The molecule has 1 heterocycles. The number of halogens is 1. The van der Waals surface area contributed by atoms with Crippen LogP contribution in [0.5, 0.6) is 0 Å². The molecule has 0 aliphatic carbocycles. The smallest absolute Gasteiger partial charge is 0.225 e. The van der Waals surface area contributed by atoms with E-state index in [2.05, 4.69) is 5.32 Å². The SMILES string of the molecule is CC(C)(C)N1CC(C(=O)NCCCc2ccc(F)cc2)CC1=O. The Morgan fingerprint density at radius 3 is 2.52 bits per heavy atom. The third-order valence-electron chi connectivity index (χ3n) is 4.16. The number of nitrogens with one attached hydrogen (secondary N) is 1. The van der Waals surface area contributed by atoms with Crippen LogP contribution in [0.3, 0.4) is 0 Å². The van der Waals surface area contributed by atoms with Crippen molar-refractivity contribution in [1.82, 2.24) is 10.2 Å². The van der Waals surface area contributed by atoms with Crippen LogP contribution in [0.2, 0.25) is 0 Å². The largest absolute Gasteiger partial charge is 0.356 e. The van der Waals surface area contributed by atoms with Crippen molar-refractivity contribution in [2.24, 2.45) is 5.92 Å². The fourth-order valence-corrected chi connectivity index (χ4v) is 2.83. The fraction of sp³-hybridized carbons (Fsp3) is 0.556. The first-order chi connectivity index (χ1) is 10.8. The van der Waals surface area contributed by atoms with E-state index in [-0.39, 0.29) is 29.1 Å². The lowest BCUT2D eigenvalue weighted by atomic mass is 10.1. The first-order valence-electron chi connectivity index (χ1n) is 8.10. The van der Waals surface area contributed by atoms with Crippen LogP contribution in [0, 0.1) is 11.7 Å². The summed E-state index contributed by atoms with van der Waals surface area (Å²) in [6, 6.07) is 6.40. The Balaban J connectivity index is 1.73. The lowest BCUT2D eigenvalue weighted by Gasteiger charge is -2.31. The average molecular weight is 320 g/mol. The van der Waals surface area contributed by atoms with E-state index in [0.29, 0.717) is 19.5 Å². The first-order valence-corrected chi connectivity index (χ1v) is 8.10. The molecule has 1 aromatic rings. The van der Waals surface area contributed by atoms with Gasteiger partial charge in [-0.15, -0.1) is 0 Å². The highest BCUT2D eigenvalue weighted by Crippen LogP contribution is 2.25. The maximum absolute atomic E-state index is 12.8. The molecule has 1 saturated heterocycles. The van der Waals surface area contributed by atoms with Gasteiger partial charge in [0.25, 0.3) is 0 Å². The number of carbonyl (C=O) groups excluding carboxylic acids is 2. The second-order valence-electron chi connectivity index (χ2n) is 7.10. The quantitative estimate of drug-likeness (QED) is 0.848. The summed E-state index contributed by atoms with van der Waals surface area (Å²) in [5.74, 6) is -0.503. The van der Waals surface area contributed by atoms with E-state index in [9.17, 15) is 14.0 Å².